The average Bonchev–Trinajstić information content (AvgIpc) is 2.41. The van der Waals surface area contributed by atoms with Gasteiger partial charge in [0.25, 0.3) is 0 Å². The molecule has 0 saturated heterocycles. The van der Waals surface area contributed by atoms with Crippen molar-refractivity contribution in [3.05, 3.63) is 0 Å². The van der Waals surface area contributed by atoms with Crippen molar-refractivity contribution in [3.63, 3.8) is 0 Å². The van der Waals surface area contributed by atoms with Gasteiger partial charge in [0, 0.05) is 6.54 Å². The zero-order chi connectivity index (χ0) is 14.9. The number of carbonyl (C=O) groups excluding carboxylic acids is 1. The van der Waals surface area contributed by atoms with Gasteiger partial charge in [-0.1, -0.05) is 33.6 Å². The number of carbonyl (C=O) groups is 1. The Balaban J connectivity index is 4.11. The standard InChI is InChI=1S/C15H32N2O2/c1-6-13(7-2)12-17(8-3)11-9-10-15(4,16)14(18)19-5/h13H,6-12,16H2,1-5H3. The van der Waals surface area contributed by atoms with Gasteiger partial charge in [0.1, 0.15) is 5.54 Å². The van der Waals surface area contributed by atoms with E-state index in [0.29, 0.717) is 6.42 Å². The Morgan fingerprint density at radius 2 is 1.89 bits per heavy atom. The number of nitrogens with zero attached hydrogens (tertiary/aromatic N) is 1. The molecule has 4 nitrogen and oxygen atoms in total. The molecule has 114 valence electrons. The van der Waals surface area contributed by atoms with Crippen molar-refractivity contribution in [1.29, 1.82) is 0 Å². The average molecular weight is 272 g/mol. The maximum Gasteiger partial charge on any atom is 0.325 e. The van der Waals surface area contributed by atoms with Crippen LogP contribution in [0.1, 0.15) is 53.4 Å². The number of esters is 1. The molecule has 0 aromatic carbocycles. The Hall–Kier alpha value is -0.610. The molecule has 4 heteroatoms. The van der Waals surface area contributed by atoms with E-state index in [-0.39, 0.29) is 5.97 Å². The quantitative estimate of drug-likeness (QED) is 0.621. The summed E-state index contributed by atoms with van der Waals surface area (Å²) >= 11 is 0. The number of hydrogen-bond donors (Lipinski definition) is 1. The molecular formula is C15H32N2O2. The van der Waals surface area contributed by atoms with Gasteiger partial charge in [-0.05, 0) is 38.8 Å². The summed E-state index contributed by atoms with van der Waals surface area (Å²) in [6.45, 7) is 11.6. The van der Waals surface area contributed by atoms with Gasteiger partial charge in [-0.25, -0.2) is 0 Å². The van der Waals surface area contributed by atoms with Crippen LogP contribution in [0.25, 0.3) is 0 Å². The van der Waals surface area contributed by atoms with Crippen LogP contribution < -0.4 is 5.73 Å². The zero-order valence-corrected chi connectivity index (χ0v) is 13.4. The third kappa shape index (κ3) is 6.92. The first-order chi connectivity index (χ1) is 8.91. The van der Waals surface area contributed by atoms with E-state index in [1.165, 1.54) is 20.0 Å². The van der Waals surface area contributed by atoms with E-state index < -0.39 is 5.54 Å². The molecule has 0 rings (SSSR count). The van der Waals surface area contributed by atoms with Crippen molar-refractivity contribution < 1.29 is 9.53 Å². The van der Waals surface area contributed by atoms with E-state index in [2.05, 4.69) is 25.7 Å². The Morgan fingerprint density at radius 3 is 2.32 bits per heavy atom. The molecule has 0 saturated carbocycles. The second-order valence-corrected chi connectivity index (χ2v) is 5.59. The summed E-state index contributed by atoms with van der Waals surface area (Å²) in [5, 5.41) is 0. The van der Waals surface area contributed by atoms with E-state index in [1.54, 1.807) is 6.92 Å². The van der Waals surface area contributed by atoms with Crippen molar-refractivity contribution >= 4 is 5.97 Å². The lowest BCUT2D eigenvalue weighted by atomic mass is 9.97. The summed E-state index contributed by atoms with van der Waals surface area (Å²) in [6, 6.07) is 0. The van der Waals surface area contributed by atoms with Crippen LogP contribution in [0.2, 0.25) is 0 Å². The van der Waals surface area contributed by atoms with E-state index in [4.69, 9.17) is 10.5 Å². The van der Waals surface area contributed by atoms with E-state index >= 15 is 0 Å². The van der Waals surface area contributed by atoms with Crippen LogP contribution >= 0.6 is 0 Å². The second-order valence-electron chi connectivity index (χ2n) is 5.59. The van der Waals surface area contributed by atoms with Gasteiger partial charge in [-0.3, -0.25) is 4.79 Å². The van der Waals surface area contributed by atoms with E-state index in [0.717, 1.165) is 32.0 Å². The molecule has 0 aliphatic heterocycles. The van der Waals surface area contributed by atoms with Crippen LogP contribution in [0, 0.1) is 5.92 Å². The summed E-state index contributed by atoms with van der Waals surface area (Å²) in [5.74, 6) is 0.445. The normalized spacial score (nSPS) is 14.7. The molecule has 0 bridgehead atoms. The van der Waals surface area contributed by atoms with Crippen molar-refractivity contribution in [2.45, 2.75) is 58.9 Å². The van der Waals surface area contributed by atoms with Gasteiger partial charge >= 0.3 is 5.97 Å². The molecule has 1 unspecified atom stereocenters. The number of hydrogen-bond acceptors (Lipinski definition) is 4. The largest absolute Gasteiger partial charge is 0.468 e. The molecule has 19 heavy (non-hydrogen) atoms. The SMILES string of the molecule is CCC(CC)CN(CC)CCCC(C)(N)C(=O)OC. The summed E-state index contributed by atoms with van der Waals surface area (Å²) in [6.07, 6.45) is 4.04. The number of nitrogens with two attached hydrogens (primary N) is 1. The van der Waals surface area contributed by atoms with Crippen molar-refractivity contribution in [3.8, 4) is 0 Å². The van der Waals surface area contributed by atoms with Crippen LogP contribution in [0.15, 0.2) is 0 Å². The van der Waals surface area contributed by atoms with Gasteiger partial charge < -0.3 is 15.4 Å². The predicted molar refractivity (Wildman–Crippen MR) is 80.0 cm³/mol. The molecule has 0 amide bonds. The smallest absolute Gasteiger partial charge is 0.325 e. The summed E-state index contributed by atoms with van der Waals surface area (Å²) in [4.78, 5) is 13.9. The van der Waals surface area contributed by atoms with E-state index in [1.807, 2.05) is 0 Å². The molecule has 2 N–H and O–H groups in total. The summed E-state index contributed by atoms with van der Waals surface area (Å²) < 4.78 is 4.72. The number of ether oxygens (including phenoxy) is 1. The minimum atomic E-state index is -0.858. The van der Waals surface area contributed by atoms with Gasteiger partial charge in [0.05, 0.1) is 7.11 Å². The lowest BCUT2D eigenvalue weighted by Crippen LogP contribution is -2.46. The van der Waals surface area contributed by atoms with Crippen LogP contribution in [0.5, 0.6) is 0 Å². The molecule has 0 fully saturated rings. The molecule has 0 radical (unpaired) electrons. The van der Waals surface area contributed by atoms with Crippen LogP contribution in [-0.2, 0) is 9.53 Å². The predicted octanol–water partition coefficient (Wildman–Crippen LogP) is 2.42. The fourth-order valence-electron chi connectivity index (χ4n) is 2.30. The highest BCUT2D eigenvalue weighted by atomic mass is 16.5. The Bertz CT molecular complexity index is 251. The van der Waals surface area contributed by atoms with Gasteiger partial charge in [-0.15, -0.1) is 0 Å². The van der Waals surface area contributed by atoms with Crippen molar-refractivity contribution in [1.82, 2.24) is 4.90 Å². The van der Waals surface area contributed by atoms with Gasteiger partial charge in [0.15, 0.2) is 0 Å². The summed E-state index contributed by atoms with van der Waals surface area (Å²) in [5.41, 5.74) is 5.10. The Labute approximate surface area is 118 Å². The lowest BCUT2D eigenvalue weighted by Gasteiger charge is -2.27. The molecular weight excluding hydrogens is 240 g/mol. The molecule has 1 atom stereocenters. The van der Waals surface area contributed by atoms with E-state index in [9.17, 15) is 4.79 Å². The maximum absolute atomic E-state index is 11.5. The minimum Gasteiger partial charge on any atom is -0.468 e. The molecule has 0 spiro atoms. The topological polar surface area (TPSA) is 55.6 Å². The molecule has 0 aromatic rings. The first-order valence-electron chi connectivity index (χ1n) is 7.50. The Morgan fingerprint density at radius 1 is 1.32 bits per heavy atom. The molecule has 0 heterocycles. The fourth-order valence-corrected chi connectivity index (χ4v) is 2.30. The first kappa shape index (κ1) is 18.4. The lowest BCUT2D eigenvalue weighted by molar-refractivity contribution is -0.146. The number of rotatable bonds is 10. The van der Waals surface area contributed by atoms with Crippen molar-refractivity contribution in [2.24, 2.45) is 11.7 Å². The van der Waals surface area contributed by atoms with Gasteiger partial charge in [0.2, 0.25) is 0 Å². The highest BCUT2D eigenvalue weighted by Crippen LogP contribution is 2.14. The third-order valence-electron chi connectivity index (χ3n) is 3.94. The highest BCUT2D eigenvalue weighted by Gasteiger charge is 2.28. The Kier molecular flexibility index (Phi) is 9.02. The zero-order valence-electron chi connectivity index (χ0n) is 13.4. The molecule has 0 aliphatic rings. The minimum absolute atomic E-state index is 0.324. The van der Waals surface area contributed by atoms with Crippen molar-refractivity contribution in [2.75, 3.05) is 26.7 Å². The maximum atomic E-state index is 11.5. The molecule has 0 aliphatic carbocycles. The van der Waals surface area contributed by atoms with Crippen LogP contribution in [0.4, 0.5) is 0 Å². The number of methoxy groups -OCH3 is 1. The first-order valence-corrected chi connectivity index (χ1v) is 7.50. The second kappa shape index (κ2) is 9.32. The highest BCUT2D eigenvalue weighted by molar-refractivity contribution is 5.79. The van der Waals surface area contributed by atoms with Gasteiger partial charge in [-0.2, -0.15) is 0 Å². The molecule has 0 aromatic heterocycles. The monoisotopic (exact) mass is 272 g/mol. The third-order valence-corrected chi connectivity index (χ3v) is 3.94. The summed E-state index contributed by atoms with van der Waals surface area (Å²) in [7, 11) is 1.39. The van der Waals surface area contributed by atoms with Crippen LogP contribution in [-0.4, -0.2) is 43.2 Å². The fraction of sp³-hybridized carbons (Fsp3) is 0.933. The van der Waals surface area contributed by atoms with Crippen LogP contribution in [0.3, 0.4) is 0 Å².